The maximum Gasteiger partial charge on any atom is 0.429 e. The predicted octanol–water partition coefficient (Wildman–Crippen LogP) is 6.66. The molecule has 7 heteroatoms. The average Bonchev–Trinajstić information content (AvgIpc) is 2.62. The van der Waals surface area contributed by atoms with Crippen LogP contribution in [-0.4, -0.2) is 0 Å². The fraction of sp³-hybridized carbons (Fsp3) is 0.143. The van der Waals surface area contributed by atoms with Gasteiger partial charge in [0.15, 0.2) is 11.6 Å². The molecule has 0 spiro atoms. The average molecular weight is 396 g/mol. The molecular weight excluding hydrogens is 382 g/mol. The second kappa shape index (κ2) is 7.22. The van der Waals surface area contributed by atoms with Crippen LogP contribution in [0.25, 0.3) is 11.1 Å². The molecule has 0 aromatic heterocycles. The van der Waals surface area contributed by atoms with E-state index in [4.69, 9.17) is 0 Å². The summed E-state index contributed by atoms with van der Waals surface area (Å²) in [6.07, 6.45) is -4.36. The van der Waals surface area contributed by atoms with Gasteiger partial charge in [-0.1, -0.05) is 35.9 Å². The number of alkyl halides is 2. The van der Waals surface area contributed by atoms with E-state index < -0.39 is 40.7 Å². The second-order valence-electron chi connectivity index (χ2n) is 6.29. The van der Waals surface area contributed by atoms with Crippen LogP contribution in [0.1, 0.15) is 16.7 Å². The van der Waals surface area contributed by atoms with E-state index in [-0.39, 0.29) is 11.1 Å². The molecule has 0 bridgehead atoms. The van der Waals surface area contributed by atoms with Crippen molar-refractivity contribution in [1.82, 2.24) is 0 Å². The molecule has 28 heavy (non-hydrogen) atoms. The van der Waals surface area contributed by atoms with Crippen LogP contribution in [0.4, 0.5) is 26.3 Å². The maximum absolute atomic E-state index is 14.4. The molecule has 146 valence electrons. The number of rotatable bonds is 4. The van der Waals surface area contributed by atoms with Crippen LogP contribution in [0, 0.1) is 37.1 Å². The largest absolute Gasteiger partial charge is 0.429 e. The molecule has 0 radical (unpaired) electrons. The zero-order valence-corrected chi connectivity index (χ0v) is 14.8. The molecule has 1 nitrogen and oxygen atoms in total. The molecule has 0 unspecified atom stereocenters. The quantitative estimate of drug-likeness (QED) is 0.449. The predicted molar refractivity (Wildman–Crippen MR) is 92.1 cm³/mol. The van der Waals surface area contributed by atoms with Crippen LogP contribution in [0.2, 0.25) is 0 Å². The van der Waals surface area contributed by atoms with Crippen molar-refractivity contribution in [2.24, 2.45) is 0 Å². The first-order chi connectivity index (χ1) is 13.1. The van der Waals surface area contributed by atoms with Crippen molar-refractivity contribution in [3.63, 3.8) is 0 Å². The molecule has 0 aliphatic heterocycles. The van der Waals surface area contributed by atoms with E-state index in [2.05, 4.69) is 4.74 Å². The van der Waals surface area contributed by atoms with E-state index in [1.165, 1.54) is 12.1 Å². The lowest BCUT2D eigenvalue weighted by Crippen LogP contribution is -2.24. The number of hydrogen-bond acceptors (Lipinski definition) is 1. The molecule has 0 N–H and O–H groups in total. The summed E-state index contributed by atoms with van der Waals surface area (Å²) in [4.78, 5) is 0. The van der Waals surface area contributed by atoms with Gasteiger partial charge in [-0.05, 0) is 25.5 Å². The third kappa shape index (κ3) is 3.69. The van der Waals surface area contributed by atoms with Crippen molar-refractivity contribution in [2.45, 2.75) is 20.0 Å². The summed E-state index contributed by atoms with van der Waals surface area (Å²) < 4.78 is 88.8. The van der Waals surface area contributed by atoms with E-state index in [0.717, 1.165) is 18.6 Å². The van der Waals surface area contributed by atoms with Crippen LogP contribution in [-0.2, 0) is 6.11 Å². The third-order valence-electron chi connectivity index (χ3n) is 4.26. The smallest absolute Gasteiger partial charge is 0.429 e. The fourth-order valence-electron chi connectivity index (χ4n) is 2.61. The van der Waals surface area contributed by atoms with Gasteiger partial charge < -0.3 is 4.74 Å². The van der Waals surface area contributed by atoms with Crippen LogP contribution >= 0.6 is 0 Å². The summed E-state index contributed by atoms with van der Waals surface area (Å²) >= 11 is 0. The van der Waals surface area contributed by atoms with Gasteiger partial charge >= 0.3 is 6.11 Å². The molecule has 0 aliphatic carbocycles. The Balaban J connectivity index is 1.98. The minimum atomic E-state index is -4.36. The van der Waals surface area contributed by atoms with Crippen molar-refractivity contribution < 1.29 is 31.1 Å². The maximum atomic E-state index is 14.4. The van der Waals surface area contributed by atoms with E-state index in [9.17, 15) is 26.3 Å². The van der Waals surface area contributed by atoms with Gasteiger partial charge in [0.1, 0.15) is 22.9 Å². The van der Waals surface area contributed by atoms with Crippen molar-refractivity contribution in [2.75, 3.05) is 0 Å². The SMILES string of the molecule is Cc1ccc(-c2ccc(C(F)(F)Oc3cc(F)c(C)c(F)c3)c(F)c2F)cc1. The number of hydrogen-bond donors (Lipinski definition) is 0. The molecule has 0 heterocycles. The first kappa shape index (κ1) is 19.8. The molecule has 3 aromatic rings. The molecule has 3 rings (SSSR count). The normalized spacial score (nSPS) is 11.6. The topological polar surface area (TPSA) is 9.23 Å². The number of aryl methyl sites for hydroxylation is 1. The van der Waals surface area contributed by atoms with E-state index in [1.54, 1.807) is 19.1 Å². The lowest BCUT2D eigenvalue weighted by Gasteiger charge is -2.20. The van der Waals surface area contributed by atoms with Crippen molar-refractivity contribution in [3.8, 4) is 16.9 Å². The highest BCUT2D eigenvalue weighted by molar-refractivity contribution is 5.65. The highest BCUT2D eigenvalue weighted by Gasteiger charge is 2.39. The van der Waals surface area contributed by atoms with Gasteiger partial charge in [-0.2, -0.15) is 8.78 Å². The van der Waals surface area contributed by atoms with Crippen molar-refractivity contribution >= 4 is 0 Å². The molecule has 0 amide bonds. The zero-order valence-electron chi connectivity index (χ0n) is 14.8. The Morgan fingerprint density at radius 2 is 1.32 bits per heavy atom. The monoisotopic (exact) mass is 396 g/mol. The first-order valence-electron chi connectivity index (χ1n) is 8.18. The van der Waals surface area contributed by atoms with E-state index in [0.29, 0.717) is 23.8 Å². The molecule has 3 aromatic carbocycles. The zero-order chi connectivity index (χ0) is 20.6. The second-order valence-corrected chi connectivity index (χ2v) is 6.29. The van der Waals surface area contributed by atoms with Crippen LogP contribution in [0.3, 0.4) is 0 Å². The molecule has 0 saturated heterocycles. The van der Waals surface area contributed by atoms with E-state index in [1.807, 2.05) is 0 Å². The summed E-state index contributed by atoms with van der Waals surface area (Å²) in [5, 5.41) is 0. The lowest BCUT2D eigenvalue weighted by atomic mass is 10.0. The van der Waals surface area contributed by atoms with Crippen molar-refractivity contribution in [3.05, 3.63) is 88.5 Å². The van der Waals surface area contributed by atoms with Gasteiger partial charge in [-0.15, -0.1) is 0 Å². The first-order valence-corrected chi connectivity index (χ1v) is 8.18. The number of benzene rings is 3. The number of ether oxygens (including phenoxy) is 1. The summed E-state index contributed by atoms with van der Waals surface area (Å²) in [5.74, 6) is -6.35. The van der Waals surface area contributed by atoms with Gasteiger partial charge in [0.25, 0.3) is 0 Å². The summed E-state index contributed by atoms with van der Waals surface area (Å²) in [7, 11) is 0. The summed E-state index contributed by atoms with van der Waals surface area (Å²) in [6.45, 7) is 2.92. The van der Waals surface area contributed by atoms with Gasteiger partial charge in [-0.3, -0.25) is 0 Å². The molecule has 0 atom stereocenters. The van der Waals surface area contributed by atoms with E-state index >= 15 is 0 Å². The number of halogens is 6. The highest BCUT2D eigenvalue weighted by atomic mass is 19.3. The third-order valence-corrected chi connectivity index (χ3v) is 4.26. The van der Waals surface area contributed by atoms with Crippen LogP contribution in [0.15, 0.2) is 48.5 Å². The Hall–Kier alpha value is -2.96. The van der Waals surface area contributed by atoms with Gasteiger partial charge in [-0.25, -0.2) is 17.6 Å². The molecule has 0 fully saturated rings. The Kier molecular flexibility index (Phi) is 5.10. The molecule has 0 aliphatic rings. The standard InChI is InChI=1S/C21H14F6O/c1-11-3-5-13(6-4-11)15-7-8-16(20(25)19(15)24)21(26,27)28-14-9-17(22)12(2)18(23)10-14/h3-10H,1-2H3. The van der Waals surface area contributed by atoms with Crippen LogP contribution < -0.4 is 4.74 Å². The Morgan fingerprint density at radius 3 is 1.89 bits per heavy atom. The minimum Gasteiger partial charge on any atom is -0.429 e. The van der Waals surface area contributed by atoms with Gasteiger partial charge in [0.05, 0.1) is 0 Å². The van der Waals surface area contributed by atoms with Gasteiger partial charge in [0.2, 0.25) is 0 Å². The summed E-state index contributed by atoms with van der Waals surface area (Å²) in [5.41, 5.74) is -0.777. The Labute approximate surface area is 157 Å². The molecule has 0 saturated carbocycles. The lowest BCUT2D eigenvalue weighted by molar-refractivity contribution is -0.187. The Bertz CT molecular complexity index is 1000. The Morgan fingerprint density at radius 1 is 0.750 bits per heavy atom. The summed E-state index contributed by atoms with van der Waals surface area (Å²) in [6, 6.07) is 9.14. The van der Waals surface area contributed by atoms with Gasteiger partial charge in [0, 0.05) is 23.3 Å². The fourth-order valence-corrected chi connectivity index (χ4v) is 2.61. The highest BCUT2D eigenvalue weighted by Crippen LogP contribution is 2.37. The molecular formula is C21H14F6O. The minimum absolute atomic E-state index is 0.204. The van der Waals surface area contributed by atoms with Crippen LogP contribution in [0.5, 0.6) is 5.75 Å². The van der Waals surface area contributed by atoms with Crippen molar-refractivity contribution in [1.29, 1.82) is 0 Å².